The molecule has 0 radical (unpaired) electrons. The molecule has 33 heavy (non-hydrogen) atoms. The van der Waals surface area contributed by atoms with Gasteiger partial charge in [-0.1, -0.05) is 6.07 Å². The van der Waals surface area contributed by atoms with Gasteiger partial charge in [0.2, 0.25) is 0 Å². The number of ether oxygens (including phenoxy) is 1. The highest BCUT2D eigenvalue weighted by Crippen LogP contribution is 2.24. The Morgan fingerprint density at radius 1 is 1.03 bits per heavy atom. The number of benzene rings is 3. The van der Waals surface area contributed by atoms with Crippen LogP contribution in [0.4, 0.5) is 25.0 Å². The Bertz CT molecular complexity index is 1170. The normalized spacial score (nSPS) is 13.7. The van der Waals surface area contributed by atoms with Crippen LogP contribution in [0.15, 0.2) is 66.7 Å². The van der Waals surface area contributed by atoms with Crippen LogP contribution in [0.1, 0.15) is 22.3 Å². The van der Waals surface area contributed by atoms with E-state index in [0.717, 1.165) is 18.2 Å². The number of carbonyl (C=O) groups excluding carboxylic acids is 2. The van der Waals surface area contributed by atoms with Crippen LogP contribution in [0.3, 0.4) is 0 Å². The van der Waals surface area contributed by atoms with Crippen molar-refractivity contribution in [2.45, 2.75) is 13.0 Å². The zero-order valence-electron chi connectivity index (χ0n) is 18.1. The number of methoxy groups -OCH3 is 1. The molecule has 1 aliphatic rings. The van der Waals surface area contributed by atoms with Gasteiger partial charge in [0.1, 0.15) is 17.4 Å². The molecule has 1 heterocycles. The monoisotopic (exact) mass is 451 g/mol. The van der Waals surface area contributed by atoms with Crippen molar-refractivity contribution in [1.29, 1.82) is 0 Å². The fourth-order valence-electron chi connectivity index (χ4n) is 3.73. The van der Waals surface area contributed by atoms with E-state index in [4.69, 9.17) is 4.74 Å². The van der Waals surface area contributed by atoms with Gasteiger partial charge in [0.05, 0.1) is 13.7 Å². The van der Waals surface area contributed by atoms with Gasteiger partial charge in [-0.05, 0) is 67.1 Å². The molecule has 3 aromatic rings. The topological polar surface area (TPSA) is 61.9 Å². The number of rotatable bonds is 6. The molecule has 0 aliphatic carbocycles. The lowest BCUT2D eigenvalue weighted by atomic mass is 10.1. The average molecular weight is 451 g/mol. The third-order valence-electron chi connectivity index (χ3n) is 5.45. The number of nitrogens with one attached hydrogen (secondary N) is 1. The molecule has 6 nitrogen and oxygen atoms in total. The molecule has 4 rings (SSSR count). The largest absolute Gasteiger partial charge is 0.497 e. The highest BCUT2D eigenvalue weighted by atomic mass is 19.1. The minimum absolute atomic E-state index is 0.00634. The molecule has 1 N–H and O–H groups in total. The second-order valence-electron chi connectivity index (χ2n) is 7.68. The number of anilines is 2. The SMILES string of the molecule is COc1cccc(C(=O)Nc2ccc(N3CCCN(Cc4cc(F)ccc4F)C3=O)cc2)c1. The van der Waals surface area contributed by atoms with E-state index in [1.165, 1.54) is 12.0 Å². The molecule has 170 valence electrons. The fourth-order valence-corrected chi connectivity index (χ4v) is 3.73. The van der Waals surface area contributed by atoms with Crippen LogP contribution in [0, 0.1) is 11.6 Å². The minimum atomic E-state index is -0.544. The summed E-state index contributed by atoms with van der Waals surface area (Å²) in [6.07, 6.45) is 0.691. The van der Waals surface area contributed by atoms with E-state index >= 15 is 0 Å². The Balaban J connectivity index is 1.44. The molecule has 0 aromatic heterocycles. The lowest BCUT2D eigenvalue weighted by Crippen LogP contribution is -2.49. The number of halogens is 2. The second kappa shape index (κ2) is 9.68. The summed E-state index contributed by atoms with van der Waals surface area (Å²) in [6, 6.07) is 16.7. The Morgan fingerprint density at radius 3 is 2.58 bits per heavy atom. The molecular formula is C25H23F2N3O3. The first-order chi connectivity index (χ1) is 15.9. The Hall–Kier alpha value is -3.94. The molecular weight excluding hydrogens is 428 g/mol. The number of urea groups is 1. The van der Waals surface area contributed by atoms with Gasteiger partial charge < -0.3 is 15.0 Å². The third-order valence-corrected chi connectivity index (χ3v) is 5.45. The van der Waals surface area contributed by atoms with Crippen LogP contribution in [-0.2, 0) is 6.54 Å². The van der Waals surface area contributed by atoms with Crippen LogP contribution in [0.2, 0.25) is 0 Å². The van der Waals surface area contributed by atoms with Gasteiger partial charge in [-0.3, -0.25) is 9.69 Å². The fraction of sp³-hybridized carbons (Fsp3) is 0.200. The summed E-state index contributed by atoms with van der Waals surface area (Å²) in [6.45, 7) is 0.962. The van der Waals surface area contributed by atoms with Crippen molar-refractivity contribution in [3.63, 3.8) is 0 Å². The lowest BCUT2D eigenvalue weighted by Gasteiger charge is -2.35. The van der Waals surface area contributed by atoms with Crippen molar-refractivity contribution < 1.29 is 23.1 Å². The Labute approximate surface area is 190 Å². The molecule has 1 aliphatic heterocycles. The number of hydrogen-bond acceptors (Lipinski definition) is 3. The number of amides is 3. The van der Waals surface area contributed by atoms with Gasteiger partial charge in [-0.25, -0.2) is 13.6 Å². The molecule has 1 saturated heterocycles. The van der Waals surface area contributed by atoms with Gasteiger partial charge in [0.25, 0.3) is 5.91 Å². The van der Waals surface area contributed by atoms with Crippen molar-refractivity contribution in [2.24, 2.45) is 0 Å². The van der Waals surface area contributed by atoms with Crippen LogP contribution in [0.5, 0.6) is 5.75 Å². The average Bonchev–Trinajstić information content (AvgIpc) is 2.83. The molecule has 0 unspecified atom stereocenters. The van der Waals surface area contributed by atoms with Gasteiger partial charge >= 0.3 is 6.03 Å². The zero-order chi connectivity index (χ0) is 23.4. The van der Waals surface area contributed by atoms with E-state index in [9.17, 15) is 18.4 Å². The van der Waals surface area contributed by atoms with Crippen molar-refractivity contribution in [3.8, 4) is 5.75 Å². The molecule has 1 fully saturated rings. The first-order valence-corrected chi connectivity index (χ1v) is 10.5. The van der Waals surface area contributed by atoms with Crippen molar-refractivity contribution >= 4 is 23.3 Å². The Kier molecular flexibility index (Phi) is 6.53. The minimum Gasteiger partial charge on any atom is -0.497 e. The first-order valence-electron chi connectivity index (χ1n) is 10.5. The van der Waals surface area contributed by atoms with Crippen molar-refractivity contribution in [3.05, 3.63) is 89.5 Å². The van der Waals surface area contributed by atoms with E-state index in [1.54, 1.807) is 53.4 Å². The molecule has 0 atom stereocenters. The van der Waals surface area contributed by atoms with Gasteiger partial charge in [-0.15, -0.1) is 0 Å². The summed E-state index contributed by atoms with van der Waals surface area (Å²) >= 11 is 0. The first kappa shape index (κ1) is 22.3. The van der Waals surface area contributed by atoms with E-state index in [-0.39, 0.29) is 24.0 Å². The quantitative estimate of drug-likeness (QED) is 0.570. The van der Waals surface area contributed by atoms with Crippen LogP contribution >= 0.6 is 0 Å². The predicted molar refractivity (Wildman–Crippen MR) is 122 cm³/mol. The van der Waals surface area contributed by atoms with Crippen LogP contribution in [0.25, 0.3) is 0 Å². The smallest absolute Gasteiger partial charge is 0.324 e. The number of carbonyl (C=O) groups is 2. The van der Waals surface area contributed by atoms with E-state index in [0.29, 0.717) is 42.2 Å². The molecule has 0 spiro atoms. The summed E-state index contributed by atoms with van der Waals surface area (Å²) < 4.78 is 32.7. The highest BCUT2D eigenvalue weighted by molar-refractivity contribution is 6.04. The van der Waals surface area contributed by atoms with Crippen LogP contribution < -0.4 is 15.0 Å². The van der Waals surface area contributed by atoms with Gasteiger partial charge in [-0.2, -0.15) is 0 Å². The predicted octanol–water partition coefficient (Wildman–Crippen LogP) is 5.06. The van der Waals surface area contributed by atoms with E-state index in [1.807, 2.05) is 0 Å². The van der Waals surface area contributed by atoms with Gasteiger partial charge in [0.15, 0.2) is 0 Å². The summed E-state index contributed by atoms with van der Waals surface area (Å²) in [5.41, 5.74) is 1.84. The molecule has 0 saturated carbocycles. The van der Waals surface area contributed by atoms with Crippen molar-refractivity contribution in [2.75, 3.05) is 30.4 Å². The second-order valence-corrected chi connectivity index (χ2v) is 7.68. The maximum Gasteiger partial charge on any atom is 0.324 e. The molecule has 0 bridgehead atoms. The van der Waals surface area contributed by atoms with E-state index in [2.05, 4.69) is 5.32 Å². The van der Waals surface area contributed by atoms with Gasteiger partial charge in [0, 0.05) is 35.6 Å². The molecule has 3 aromatic carbocycles. The lowest BCUT2D eigenvalue weighted by molar-refractivity contribution is 0.102. The van der Waals surface area contributed by atoms with E-state index < -0.39 is 11.6 Å². The van der Waals surface area contributed by atoms with Crippen molar-refractivity contribution in [1.82, 2.24) is 4.90 Å². The summed E-state index contributed by atoms with van der Waals surface area (Å²) in [7, 11) is 1.54. The number of nitrogens with zero attached hydrogens (tertiary/aromatic N) is 2. The zero-order valence-corrected chi connectivity index (χ0v) is 18.1. The summed E-state index contributed by atoms with van der Waals surface area (Å²) in [5, 5.41) is 2.82. The summed E-state index contributed by atoms with van der Waals surface area (Å²) in [4.78, 5) is 28.6. The maximum atomic E-state index is 14.0. The Morgan fingerprint density at radius 2 is 1.82 bits per heavy atom. The number of hydrogen-bond donors (Lipinski definition) is 1. The van der Waals surface area contributed by atoms with Crippen LogP contribution in [-0.4, -0.2) is 37.0 Å². The molecule has 8 heteroatoms. The summed E-state index contributed by atoms with van der Waals surface area (Å²) in [5.74, 6) is -0.778. The molecule has 3 amide bonds. The standard InChI is InChI=1S/C25H23F2N3O3/c1-33-22-5-2-4-17(15-22)24(31)28-20-7-9-21(10-8-20)30-13-3-12-29(25(30)32)16-18-14-19(26)6-11-23(18)27/h2,4-11,14-15H,3,12-13,16H2,1H3,(H,28,31). The third kappa shape index (κ3) is 5.11. The highest BCUT2D eigenvalue weighted by Gasteiger charge is 2.27. The maximum absolute atomic E-state index is 14.0.